The van der Waals surface area contributed by atoms with E-state index in [-0.39, 0.29) is 21.7 Å². The number of rotatable bonds is 4. The van der Waals surface area contributed by atoms with Crippen LogP contribution in [0.25, 0.3) is 43.1 Å². The molecule has 4 bridgehead atoms. The first kappa shape index (κ1) is 54.8. The minimum absolute atomic E-state index is 0.185. The molecule has 0 N–H and O–H groups in total. The minimum Gasteiger partial charge on any atom is -0.0616 e. The highest BCUT2D eigenvalue weighted by Gasteiger charge is 2.69. The summed E-state index contributed by atoms with van der Waals surface area (Å²) in [4.78, 5) is 0. The lowest BCUT2D eigenvalue weighted by atomic mass is 9.32. The van der Waals surface area contributed by atoms with Gasteiger partial charge in [0.1, 0.15) is 0 Å². The van der Waals surface area contributed by atoms with Gasteiger partial charge in [-0.1, -0.05) is 241 Å². The number of fused-ring (bicyclic) bond motifs is 4. The predicted octanol–water partition coefficient (Wildman–Crippen LogP) is 18.3. The molecule has 0 nitrogen and oxygen atoms in total. The molecular weight excluding hydrogens is 1080 g/mol. The maximum Gasteiger partial charge on any atom is 0.0334 e. The summed E-state index contributed by atoms with van der Waals surface area (Å²) in [6.07, 6.45) is 6.11. The molecule has 0 spiro atoms. The molecule has 4 aliphatic carbocycles. The van der Waals surface area contributed by atoms with E-state index in [0.717, 1.165) is 105 Å². The van der Waals surface area contributed by atoms with Gasteiger partial charge < -0.3 is 0 Å². The monoisotopic (exact) mass is 1140 g/mol. The van der Waals surface area contributed by atoms with E-state index in [9.17, 15) is 0 Å². The van der Waals surface area contributed by atoms with Gasteiger partial charge in [-0.15, -0.1) is 0 Å². The van der Waals surface area contributed by atoms with Crippen LogP contribution in [0.2, 0.25) is 0 Å². The Morgan fingerprint density at radius 2 is 0.367 bits per heavy atom. The maximum absolute atomic E-state index is 3.40. The van der Waals surface area contributed by atoms with E-state index in [1.165, 1.54) is 43.8 Å². The lowest BCUT2D eigenvalue weighted by Crippen LogP contribution is -2.67. The average Bonchev–Trinajstić information content (AvgIpc) is 0.668. The third kappa shape index (κ3) is 10.7. The number of hydrogen-bond donors (Lipinski definition) is 0. The second kappa shape index (κ2) is 23.4. The van der Waals surface area contributed by atoms with Gasteiger partial charge in [-0.3, -0.25) is 0 Å². The summed E-state index contributed by atoms with van der Waals surface area (Å²) in [5, 5.41) is 9.23. The summed E-state index contributed by atoms with van der Waals surface area (Å²) in [6.45, 7) is 0. The quantitative estimate of drug-likeness (QED) is 0.154. The van der Waals surface area contributed by atoms with Crippen molar-refractivity contribution in [3.63, 3.8) is 0 Å². The van der Waals surface area contributed by atoms with Crippen LogP contribution in [0.15, 0.2) is 267 Å². The van der Waals surface area contributed by atoms with Crippen LogP contribution in [0, 0.1) is 94.7 Å². The lowest BCUT2D eigenvalue weighted by Gasteiger charge is -2.71. The Balaban J connectivity index is 0.809. The molecule has 90 heavy (non-hydrogen) atoms. The number of benzene rings is 12. The van der Waals surface area contributed by atoms with Gasteiger partial charge in [0.15, 0.2) is 0 Å². The van der Waals surface area contributed by atoms with Crippen molar-refractivity contribution in [2.24, 2.45) is 0 Å². The summed E-state index contributed by atoms with van der Waals surface area (Å²) in [7, 11) is 0. The topological polar surface area (TPSA) is 0 Å². The zero-order chi connectivity index (χ0) is 60.2. The molecule has 0 aromatic heterocycles. The van der Waals surface area contributed by atoms with Gasteiger partial charge in [0.05, 0.1) is 0 Å². The summed E-state index contributed by atoms with van der Waals surface area (Å²) in [5.41, 5.74) is 12.4. The fourth-order valence-corrected chi connectivity index (χ4v) is 15.6. The third-order valence-corrected chi connectivity index (χ3v) is 19.1. The zero-order valence-corrected chi connectivity index (χ0v) is 49.6. The first-order valence-corrected chi connectivity index (χ1v) is 30.8. The van der Waals surface area contributed by atoms with E-state index >= 15 is 0 Å². The molecule has 12 aromatic rings. The molecule has 0 aliphatic heterocycles. The summed E-state index contributed by atoms with van der Waals surface area (Å²) < 4.78 is 0. The molecule has 4 fully saturated rings. The van der Waals surface area contributed by atoms with Crippen molar-refractivity contribution in [1.82, 2.24) is 0 Å². The van der Waals surface area contributed by atoms with E-state index in [0.29, 0.717) is 0 Å². The average molecular weight is 1140 g/mol. The second-order valence-corrected chi connectivity index (χ2v) is 24.6. The van der Waals surface area contributed by atoms with Crippen LogP contribution in [0.4, 0.5) is 0 Å². The summed E-state index contributed by atoms with van der Waals surface area (Å²) in [5.74, 6) is 52.4. The molecule has 4 saturated carbocycles. The summed E-state index contributed by atoms with van der Waals surface area (Å²) >= 11 is 0. The fourth-order valence-electron chi connectivity index (χ4n) is 15.6. The van der Waals surface area contributed by atoms with Crippen molar-refractivity contribution in [2.75, 3.05) is 0 Å². The molecule has 0 amide bonds. The van der Waals surface area contributed by atoms with E-state index in [1.807, 2.05) is 0 Å². The van der Waals surface area contributed by atoms with Crippen molar-refractivity contribution < 1.29 is 0 Å². The smallest absolute Gasteiger partial charge is 0.0334 e. The van der Waals surface area contributed by atoms with Crippen LogP contribution >= 0.6 is 0 Å². The van der Waals surface area contributed by atoms with Crippen LogP contribution < -0.4 is 0 Å². The lowest BCUT2D eigenvalue weighted by molar-refractivity contribution is -0.0691. The van der Waals surface area contributed by atoms with Crippen molar-refractivity contribution in [3.8, 4) is 94.7 Å². The van der Waals surface area contributed by atoms with Gasteiger partial charge in [0.25, 0.3) is 0 Å². The van der Waals surface area contributed by atoms with Crippen LogP contribution in [0.3, 0.4) is 0 Å². The van der Waals surface area contributed by atoms with E-state index < -0.39 is 0 Å². The first-order chi connectivity index (χ1) is 44.4. The molecule has 0 atom stereocenters. The highest BCUT2D eigenvalue weighted by molar-refractivity contribution is 5.91. The normalized spacial score (nSPS) is 18.8. The molecule has 0 heteroatoms. The SMILES string of the molecule is C(C#Cc1cccc2ccccc12)#Cc1ccc(C23CC4(c5ccc(C#CC#Cc6cccc7ccccc67)cc5)CC(c5ccc(C#CC#Cc6cccc7ccccc67)cc5)(C2)CC(c2ccc(C#CC#Cc5cccc6ccccc56)cc2)(C3)C4)cc1. The van der Waals surface area contributed by atoms with E-state index in [4.69, 9.17) is 0 Å². The van der Waals surface area contributed by atoms with Crippen molar-refractivity contribution >= 4 is 43.1 Å². The van der Waals surface area contributed by atoms with Crippen LogP contribution in [0.1, 0.15) is 105 Å². The Kier molecular flexibility index (Phi) is 14.3. The molecule has 416 valence electrons. The van der Waals surface area contributed by atoms with E-state index in [1.54, 1.807) is 0 Å². The Morgan fingerprint density at radius 3 is 0.589 bits per heavy atom. The largest absolute Gasteiger partial charge is 0.0616 e. The number of hydrogen-bond acceptors (Lipinski definition) is 0. The molecule has 0 radical (unpaired) electrons. The first-order valence-electron chi connectivity index (χ1n) is 30.8. The zero-order valence-electron chi connectivity index (χ0n) is 49.6. The molecule has 0 saturated heterocycles. The predicted molar refractivity (Wildman–Crippen MR) is 371 cm³/mol. The minimum atomic E-state index is -0.185. The third-order valence-electron chi connectivity index (χ3n) is 19.1. The second-order valence-electron chi connectivity index (χ2n) is 24.6. The molecule has 4 aliphatic rings. The van der Waals surface area contributed by atoms with Gasteiger partial charge in [-0.05, 0) is 246 Å². The van der Waals surface area contributed by atoms with Gasteiger partial charge in [0.2, 0.25) is 0 Å². The van der Waals surface area contributed by atoms with Crippen molar-refractivity contribution in [1.29, 1.82) is 0 Å². The van der Waals surface area contributed by atoms with Gasteiger partial charge in [-0.25, -0.2) is 0 Å². The van der Waals surface area contributed by atoms with Crippen LogP contribution in [-0.2, 0) is 21.7 Å². The van der Waals surface area contributed by atoms with Crippen molar-refractivity contribution in [3.05, 3.63) is 334 Å². The Bertz CT molecular complexity index is 4660. The van der Waals surface area contributed by atoms with E-state index in [2.05, 4.69) is 362 Å². The molecule has 12 aromatic carbocycles. The highest BCUT2D eigenvalue weighted by atomic mass is 14.7. The molecule has 0 unspecified atom stereocenters. The van der Waals surface area contributed by atoms with Gasteiger partial charge in [0, 0.05) is 44.5 Å². The highest BCUT2D eigenvalue weighted by Crippen LogP contribution is 2.75. The fraction of sp³-hybridized carbons (Fsp3) is 0.111. The van der Waals surface area contributed by atoms with Crippen LogP contribution in [-0.4, -0.2) is 0 Å². The Morgan fingerprint density at radius 1 is 0.178 bits per heavy atom. The maximum atomic E-state index is 3.40. The Hall–Kier alpha value is -11.8. The summed E-state index contributed by atoms with van der Waals surface area (Å²) in [6, 6.07) is 95.2. The molecule has 0 heterocycles. The van der Waals surface area contributed by atoms with Crippen molar-refractivity contribution in [2.45, 2.75) is 60.2 Å². The van der Waals surface area contributed by atoms with Crippen LogP contribution in [0.5, 0.6) is 0 Å². The standard InChI is InChI=1S/C90H56/c1(5-25-71-33-17-37-75-29-9-13-41-83(71)75)21-67-45-53-79(54-46-67)87-61-88(80-55-47-68(48-56-80)22-2-6-26-72-34-18-38-76-30-10-14-42-84(72)76)64-89(62-87,81-57-49-69(50-58-81)23-3-7-27-73-35-19-39-77-31-11-15-43-85(73)77)66-90(63-87,65-88)82-59-51-70(52-60-82)24-4-8-28-74-36-20-40-78-32-12-16-44-86(74)78/h9-20,29-60H,61-66H2. The molecular formula is C90H56. The van der Waals surface area contributed by atoms with Gasteiger partial charge in [-0.2, -0.15) is 0 Å². The molecule has 16 rings (SSSR count). The van der Waals surface area contributed by atoms with Gasteiger partial charge >= 0.3 is 0 Å². The Labute approximate surface area is 528 Å².